The van der Waals surface area contributed by atoms with Gasteiger partial charge in [0.25, 0.3) is 5.91 Å². The van der Waals surface area contributed by atoms with Gasteiger partial charge in [0.05, 0.1) is 5.69 Å². The molecule has 3 heterocycles. The lowest BCUT2D eigenvalue weighted by Gasteiger charge is -2.34. The van der Waals surface area contributed by atoms with Crippen molar-refractivity contribution in [2.45, 2.75) is 26.8 Å². The first-order valence-electron chi connectivity index (χ1n) is 8.73. The SMILES string of the molecule is CCc1nnsc1C(=O)NCc1ccc(N2CCN(CC)CC2)nc1. The van der Waals surface area contributed by atoms with E-state index in [0.717, 1.165) is 61.3 Å². The molecule has 1 fully saturated rings. The number of aromatic nitrogens is 3. The Hall–Kier alpha value is -2.06. The minimum Gasteiger partial charge on any atom is -0.354 e. The summed E-state index contributed by atoms with van der Waals surface area (Å²) >= 11 is 1.14. The standard InChI is InChI=1S/C17H24N6OS/c1-3-14-16(25-21-20-14)17(24)19-12-13-5-6-15(18-11-13)23-9-7-22(4-2)8-10-23/h5-6,11H,3-4,7-10,12H2,1-2H3,(H,19,24). The zero-order valence-corrected chi connectivity index (χ0v) is 15.6. The highest BCUT2D eigenvalue weighted by atomic mass is 32.1. The van der Waals surface area contributed by atoms with Crippen LogP contribution in [0.15, 0.2) is 18.3 Å². The van der Waals surface area contributed by atoms with Crippen LogP contribution in [0.5, 0.6) is 0 Å². The Bertz CT molecular complexity index is 693. The van der Waals surface area contributed by atoms with E-state index in [0.29, 0.717) is 17.8 Å². The summed E-state index contributed by atoms with van der Waals surface area (Å²) in [5.41, 5.74) is 1.74. The van der Waals surface area contributed by atoms with Crippen molar-refractivity contribution in [2.75, 3.05) is 37.6 Å². The first-order chi connectivity index (χ1) is 12.2. The fourth-order valence-electron chi connectivity index (χ4n) is 2.88. The molecule has 0 atom stereocenters. The molecule has 1 saturated heterocycles. The normalized spacial score (nSPS) is 15.4. The van der Waals surface area contributed by atoms with E-state index >= 15 is 0 Å². The first kappa shape index (κ1) is 17.8. The summed E-state index contributed by atoms with van der Waals surface area (Å²) in [6, 6.07) is 4.06. The third kappa shape index (κ3) is 4.32. The highest BCUT2D eigenvalue weighted by molar-refractivity contribution is 7.08. The van der Waals surface area contributed by atoms with Crippen LogP contribution in [0.4, 0.5) is 5.82 Å². The number of nitrogens with zero attached hydrogens (tertiary/aromatic N) is 5. The van der Waals surface area contributed by atoms with Crippen molar-refractivity contribution < 1.29 is 4.79 Å². The molecule has 2 aromatic heterocycles. The van der Waals surface area contributed by atoms with Gasteiger partial charge < -0.3 is 15.1 Å². The molecule has 0 bridgehead atoms. The van der Waals surface area contributed by atoms with E-state index in [9.17, 15) is 4.79 Å². The number of amides is 1. The number of hydrogen-bond donors (Lipinski definition) is 1. The molecule has 25 heavy (non-hydrogen) atoms. The minimum absolute atomic E-state index is 0.119. The summed E-state index contributed by atoms with van der Waals surface area (Å²) < 4.78 is 3.85. The predicted octanol–water partition coefficient (Wildman–Crippen LogP) is 1.57. The van der Waals surface area contributed by atoms with E-state index in [1.807, 2.05) is 25.3 Å². The number of nitrogens with one attached hydrogen (secondary N) is 1. The second kappa shape index (κ2) is 8.35. The Balaban J connectivity index is 1.53. The molecular formula is C17H24N6OS. The molecule has 0 spiro atoms. The molecule has 1 N–H and O–H groups in total. The van der Waals surface area contributed by atoms with Crippen LogP contribution in [0.2, 0.25) is 0 Å². The number of piperazine rings is 1. The first-order valence-corrected chi connectivity index (χ1v) is 9.50. The Morgan fingerprint density at radius 3 is 2.68 bits per heavy atom. The smallest absolute Gasteiger partial charge is 0.265 e. The fourth-order valence-corrected chi connectivity index (χ4v) is 3.54. The average molecular weight is 360 g/mol. The molecule has 7 nitrogen and oxygen atoms in total. The maximum absolute atomic E-state index is 12.2. The number of anilines is 1. The highest BCUT2D eigenvalue weighted by Crippen LogP contribution is 2.15. The molecule has 134 valence electrons. The predicted molar refractivity (Wildman–Crippen MR) is 99.0 cm³/mol. The number of carbonyl (C=O) groups excluding carboxylic acids is 1. The van der Waals surface area contributed by atoms with Crippen molar-refractivity contribution in [3.63, 3.8) is 0 Å². The molecule has 1 amide bonds. The lowest BCUT2D eigenvalue weighted by atomic mass is 10.2. The van der Waals surface area contributed by atoms with Gasteiger partial charge in [-0.2, -0.15) is 0 Å². The van der Waals surface area contributed by atoms with Gasteiger partial charge >= 0.3 is 0 Å². The number of aryl methyl sites for hydroxylation is 1. The zero-order valence-electron chi connectivity index (χ0n) is 14.7. The van der Waals surface area contributed by atoms with Crippen LogP contribution in [0, 0.1) is 0 Å². The van der Waals surface area contributed by atoms with Crippen LogP contribution in [0.1, 0.15) is 34.8 Å². The van der Waals surface area contributed by atoms with Crippen LogP contribution in [-0.2, 0) is 13.0 Å². The molecule has 2 aromatic rings. The molecule has 0 aromatic carbocycles. The van der Waals surface area contributed by atoms with Crippen molar-refractivity contribution in [1.82, 2.24) is 24.8 Å². The minimum atomic E-state index is -0.119. The molecule has 1 aliphatic rings. The molecule has 0 aliphatic carbocycles. The molecule has 0 saturated carbocycles. The third-order valence-electron chi connectivity index (χ3n) is 4.50. The molecule has 0 unspecified atom stereocenters. The van der Waals surface area contributed by atoms with Crippen molar-refractivity contribution in [3.8, 4) is 0 Å². The zero-order chi connectivity index (χ0) is 17.6. The van der Waals surface area contributed by atoms with E-state index in [1.165, 1.54) is 0 Å². The quantitative estimate of drug-likeness (QED) is 0.843. The van der Waals surface area contributed by atoms with Gasteiger partial charge in [0.15, 0.2) is 0 Å². The van der Waals surface area contributed by atoms with Gasteiger partial charge in [-0.3, -0.25) is 4.79 Å². The summed E-state index contributed by atoms with van der Waals surface area (Å²) in [4.78, 5) is 22.1. The number of rotatable bonds is 6. The van der Waals surface area contributed by atoms with Crippen molar-refractivity contribution in [1.29, 1.82) is 0 Å². The van der Waals surface area contributed by atoms with Crippen molar-refractivity contribution in [3.05, 3.63) is 34.5 Å². The molecule has 8 heteroatoms. The Labute approximate surface area is 152 Å². The van der Waals surface area contributed by atoms with Gasteiger partial charge in [0.2, 0.25) is 0 Å². The number of carbonyl (C=O) groups is 1. The summed E-state index contributed by atoms with van der Waals surface area (Å²) in [7, 11) is 0. The van der Waals surface area contributed by atoms with Gasteiger partial charge in [-0.1, -0.05) is 24.4 Å². The third-order valence-corrected chi connectivity index (χ3v) is 5.27. The molecule has 0 radical (unpaired) electrons. The van der Waals surface area contributed by atoms with Crippen LogP contribution in [0.3, 0.4) is 0 Å². The Morgan fingerprint density at radius 2 is 2.04 bits per heavy atom. The van der Waals surface area contributed by atoms with Crippen molar-refractivity contribution in [2.24, 2.45) is 0 Å². The van der Waals surface area contributed by atoms with Gasteiger partial charge in [-0.05, 0) is 36.1 Å². The lowest BCUT2D eigenvalue weighted by molar-refractivity contribution is 0.0954. The van der Waals surface area contributed by atoms with E-state index in [-0.39, 0.29) is 5.91 Å². The second-order valence-electron chi connectivity index (χ2n) is 6.03. The highest BCUT2D eigenvalue weighted by Gasteiger charge is 2.17. The number of likely N-dealkylation sites (N-methyl/N-ethyl adjacent to an activating group) is 1. The Morgan fingerprint density at radius 1 is 1.24 bits per heavy atom. The van der Waals surface area contributed by atoms with Gasteiger partial charge in [0.1, 0.15) is 10.7 Å². The van der Waals surface area contributed by atoms with Crippen LogP contribution >= 0.6 is 11.5 Å². The van der Waals surface area contributed by atoms with E-state index in [4.69, 9.17) is 0 Å². The summed E-state index contributed by atoms with van der Waals surface area (Å²) in [6.07, 6.45) is 2.55. The fraction of sp³-hybridized carbons (Fsp3) is 0.529. The van der Waals surface area contributed by atoms with Gasteiger partial charge in [-0.25, -0.2) is 4.98 Å². The average Bonchev–Trinajstić information content (AvgIpc) is 3.15. The maximum Gasteiger partial charge on any atom is 0.265 e. The van der Waals surface area contributed by atoms with Crippen LogP contribution < -0.4 is 10.2 Å². The largest absolute Gasteiger partial charge is 0.354 e. The topological polar surface area (TPSA) is 74.2 Å². The molecule has 3 rings (SSSR count). The van der Waals surface area contributed by atoms with Gasteiger partial charge in [0, 0.05) is 38.9 Å². The van der Waals surface area contributed by atoms with E-state index < -0.39 is 0 Å². The lowest BCUT2D eigenvalue weighted by Crippen LogP contribution is -2.46. The van der Waals surface area contributed by atoms with E-state index in [1.54, 1.807) is 0 Å². The monoisotopic (exact) mass is 360 g/mol. The summed E-state index contributed by atoms with van der Waals surface area (Å²) in [5, 5.41) is 6.89. The molecule has 1 aliphatic heterocycles. The summed E-state index contributed by atoms with van der Waals surface area (Å²) in [5.74, 6) is 0.886. The Kier molecular flexibility index (Phi) is 5.93. The van der Waals surface area contributed by atoms with Crippen LogP contribution in [0.25, 0.3) is 0 Å². The van der Waals surface area contributed by atoms with Crippen LogP contribution in [-0.4, -0.2) is 58.1 Å². The van der Waals surface area contributed by atoms with Gasteiger partial charge in [-0.15, -0.1) is 5.10 Å². The number of hydrogen-bond acceptors (Lipinski definition) is 7. The van der Waals surface area contributed by atoms with Crippen molar-refractivity contribution >= 4 is 23.3 Å². The molecular weight excluding hydrogens is 336 g/mol. The number of pyridine rings is 1. The summed E-state index contributed by atoms with van der Waals surface area (Å²) in [6.45, 7) is 9.91. The maximum atomic E-state index is 12.2. The van der Waals surface area contributed by atoms with E-state index in [2.05, 4.69) is 36.6 Å². The second-order valence-corrected chi connectivity index (χ2v) is 6.79.